The molecule has 2 heterocycles. The molecule has 1 aromatic carbocycles. The highest BCUT2D eigenvalue weighted by Crippen LogP contribution is 2.19. The molecule has 0 saturated carbocycles. The molecule has 1 N–H and O–H groups in total. The molecule has 0 spiro atoms. The molecule has 2 amide bonds. The molecule has 0 fully saturated rings. The van der Waals surface area contributed by atoms with Gasteiger partial charge in [0, 0.05) is 25.6 Å². The first-order chi connectivity index (χ1) is 12.1. The van der Waals surface area contributed by atoms with Crippen LogP contribution in [0.2, 0.25) is 0 Å². The number of furan rings is 1. The quantitative estimate of drug-likeness (QED) is 0.744. The summed E-state index contributed by atoms with van der Waals surface area (Å²) in [5, 5.41) is 2.86. The third-order valence-corrected chi connectivity index (χ3v) is 3.83. The standard InChI is InChI=1S/C19H21N3O3/c1-14-5-7-15(8-6-14)18-21-16(13-25-18)9-10-20-19(23)22(2)12-17-4-3-11-24-17/h3-8,11,13H,9-10,12H2,1-2H3,(H,20,23). The number of aryl methyl sites for hydroxylation is 1. The molecule has 0 unspecified atom stereocenters. The van der Waals surface area contributed by atoms with Crippen LogP contribution in [0.25, 0.3) is 11.5 Å². The Kier molecular flexibility index (Phi) is 5.18. The molecule has 6 nitrogen and oxygen atoms in total. The number of aromatic nitrogens is 1. The zero-order valence-electron chi connectivity index (χ0n) is 14.4. The van der Waals surface area contributed by atoms with Crippen LogP contribution >= 0.6 is 0 Å². The van der Waals surface area contributed by atoms with Crippen molar-refractivity contribution in [1.29, 1.82) is 0 Å². The summed E-state index contributed by atoms with van der Waals surface area (Å²) in [4.78, 5) is 18.1. The van der Waals surface area contributed by atoms with E-state index in [-0.39, 0.29) is 6.03 Å². The first-order valence-electron chi connectivity index (χ1n) is 8.14. The molecular formula is C19H21N3O3. The van der Waals surface area contributed by atoms with E-state index in [1.54, 1.807) is 30.5 Å². The van der Waals surface area contributed by atoms with Gasteiger partial charge in [0.15, 0.2) is 0 Å². The highest BCUT2D eigenvalue weighted by molar-refractivity contribution is 5.73. The second-order valence-electron chi connectivity index (χ2n) is 5.93. The number of hydrogen-bond acceptors (Lipinski definition) is 4. The lowest BCUT2D eigenvalue weighted by atomic mass is 10.1. The van der Waals surface area contributed by atoms with E-state index in [1.807, 2.05) is 37.3 Å². The fourth-order valence-electron chi connectivity index (χ4n) is 2.39. The Balaban J connectivity index is 1.47. The van der Waals surface area contributed by atoms with E-state index in [9.17, 15) is 4.79 Å². The molecular weight excluding hydrogens is 318 g/mol. The monoisotopic (exact) mass is 339 g/mol. The zero-order chi connectivity index (χ0) is 17.6. The number of rotatable bonds is 6. The van der Waals surface area contributed by atoms with Crippen LogP contribution in [-0.2, 0) is 13.0 Å². The summed E-state index contributed by atoms with van der Waals surface area (Å²) in [7, 11) is 1.73. The van der Waals surface area contributed by atoms with Crippen LogP contribution in [0.4, 0.5) is 4.79 Å². The molecule has 3 aromatic rings. The van der Waals surface area contributed by atoms with E-state index < -0.39 is 0 Å². The van der Waals surface area contributed by atoms with E-state index in [1.165, 1.54) is 5.56 Å². The predicted molar refractivity (Wildman–Crippen MR) is 94.0 cm³/mol. The maximum absolute atomic E-state index is 12.0. The lowest BCUT2D eigenvalue weighted by molar-refractivity contribution is 0.203. The Bertz CT molecular complexity index is 807. The van der Waals surface area contributed by atoms with Crippen LogP contribution in [0.3, 0.4) is 0 Å². The van der Waals surface area contributed by atoms with Crippen molar-refractivity contribution in [3.63, 3.8) is 0 Å². The van der Waals surface area contributed by atoms with Crippen LogP contribution in [0, 0.1) is 6.92 Å². The van der Waals surface area contributed by atoms with E-state index in [2.05, 4.69) is 10.3 Å². The first kappa shape index (κ1) is 16.8. The third-order valence-electron chi connectivity index (χ3n) is 3.83. The van der Waals surface area contributed by atoms with Gasteiger partial charge in [-0.15, -0.1) is 0 Å². The Morgan fingerprint density at radius 2 is 2.00 bits per heavy atom. The average molecular weight is 339 g/mol. The van der Waals surface area contributed by atoms with Crippen LogP contribution in [0.5, 0.6) is 0 Å². The van der Waals surface area contributed by atoms with Crippen molar-refractivity contribution in [1.82, 2.24) is 15.2 Å². The second-order valence-corrected chi connectivity index (χ2v) is 5.93. The summed E-state index contributed by atoms with van der Waals surface area (Å²) in [6.45, 7) is 2.96. The molecule has 3 rings (SSSR count). The summed E-state index contributed by atoms with van der Waals surface area (Å²) in [6, 6.07) is 11.5. The Morgan fingerprint density at radius 1 is 1.20 bits per heavy atom. The fraction of sp³-hybridized carbons (Fsp3) is 0.263. The van der Waals surface area contributed by atoms with Crippen LogP contribution in [0.1, 0.15) is 17.0 Å². The molecule has 6 heteroatoms. The summed E-state index contributed by atoms with van der Waals surface area (Å²) in [5.41, 5.74) is 2.94. The summed E-state index contributed by atoms with van der Waals surface area (Å²) in [6.07, 6.45) is 3.83. The average Bonchev–Trinajstić information content (AvgIpc) is 3.27. The molecule has 25 heavy (non-hydrogen) atoms. The molecule has 0 saturated heterocycles. The van der Waals surface area contributed by atoms with Gasteiger partial charge in [-0.2, -0.15) is 0 Å². The van der Waals surface area contributed by atoms with Crippen molar-refractivity contribution in [2.24, 2.45) is 0 Å². The van der Waals surface area contributed by atoms with Gasteiger partial charge in [-0.25, -0.2) is 9.78 Å². The SMILES string of the molecule is Cc1ccc(-c2nc(CCNC(=O)N(C)Cc3ccco3)co2)cc1. The van der Waals surface area contributed by atoms with Gasteiger partial charge in [-0.05, 0) is 31.2 Å². The first-order valence-corrected chi connectivity index (χ1v) is 8.14. The van der Waals surface area contributed by atoms with Crippen molar-refractivity contribution < 1.29 is 13.6 Å². The molecule has 2 aromatic heterocycles. The minimum atomic E-state index is -0.154. The number of carbonyl (C=O) groups excluding carboxylic acids is 1. The minimum absolute atomic E-state index is 0.154. The fourth-order valence-corrected chi connectivity index (χ4v) is 2.39. The normalized spacial score (nSPS) is 10.6. The van der Waals surface area contributed by atoms with E-state index in [0.717, 1.165) is 17.0 Å². The lowest BCUT2D eigenvalue weighted by Gasteiger charge is -2.16. The highest BCUT2D eigenvalue weighted by Gasteiger charge is 2.11. The van der Waals surface area contributed by atoms with Gasteiger partial charge < -0.3 is 19.1 Å². The van der Waals surface area contributed by atoms with E-state index >= 15 is 0 Å². The molecule has 0 radical (unpaired) electrons. The van der Waals surface area contributed by atoms with Gasteiger partial charge in [0.2, 0.25) is 5.89 Å². The van der Waals surface area contributed by atoms with Crippen LogP contribution < -0.4 is 5.32 Å². The van der Waals surface area contributed by atoms with Crippen molar-refractivity contribution in [2.45, 2.75) is 19.9 Å². The molecule has 0 aliphatic rings. The molecule has 130 valence electrons. The highest BCUT2D eigenvalue weighted by atomic mass is 16.3. The maximum Gasteiger partial charge on any atom is 0.317 e. The summed E-state index contributed by atoms with van der Waals surface area (Å²) in [5.74, 6) is 1.34. The van der Waals surface area contributed by atoms with E-state index in [4.69, 9.17) is 8.83 Å². The van der Waals surface area contributed by atoms with Crippen molar-refractivity contribution in [2.75, 3.05) is 13.6 Å². The number of oxazole rings is 1. The van der Waals surface area contributed by atoms with Gasteiger partial charge in [0.1, 0.15) is 12.0 Å². The minimum Gasteiger partial charge on any atom is -0.467 e. The van der Waals surface area contributed by atoms with Crippen molar-refractivity contribution in [3.8, 4) is 11.5 Å². The van der Waals surface area contributed by atoms with Crippen molar-refractivity contribution in [3.05, 3.63) is 65.9 Å². The molecule has 0 atom stereocenters. The van der Waals surface area contributed by atoms with Gasteiger partial charge >= 0.3 is 6.03 Å². The Labute approximate surface area is 146 Å². The number of amides is 2. The number of benzene rings is 1. The smallest absolute Gasteiger partial charge is 0.317 e. The van der Waals surface area contributed by atoms with Crippen LogP contribution in [-0.4, -0.2) is 29.5 Å². The van der Waals surface area contributed by atoms with Gasteiger partial charge in [-0.3, -0.25) is 0 Å². The lowest BCUT2D eigenvalue weighted by Crippen LogP contribution is -2.37. The summed E-state index contributed by atoms with van der Waals surface area (Å²) >= 11 is 0. The molecule has 0 aliphatic heterocycles. The summed E-state index contributed by atoms with van der Waals surface area (Å²) < 4.78 is 10.8. The number of nitrogens with one attached hydrogen (secondary N) is 1. The van der Waals surface area contributed by atoms with Gasteiger partial charge in [0.05, 0.1) is 18.5 Å². The number of nitrogens with zero attached hydrogens (tertiary/aromatic N) is 2. The van der Waals surface area contributed by atoms with Gasteiger partial charge in [0.25, 0.3) is 0 Å². The van der Waals surface area contributed by atoms with Crippen LogP contribution in [0.15, 0.2) is 57.8 Å². The number of urea groups is 1. The Hall–Kier alpha value is -3.02. The largest absolute Gasteiger partial charge is 0.467 e. The predicted octanol–water partition coefficient (Wildman–Crippen LogP) is 3.63. The molecule has 0 bridgehead atoms. The Morgan fingerprint density at radius 3 is 2.72 bits per heavy atom. The molecule has 0 aliphatic carbocycles. The number of hydrogen-bond donors (Lipinski definition) is 1. The zero-order valence-corrected chi connectivity index (χ0v) is 14.4. The van der Waals surface area contributed by atoms with Gasteiger partial charge in [-0.1, -0.05) is 17.7 Å². The van der Waals surface area contributed by atoms with E-state index in [0.29, 0.717) is 25.4 Å². The van der Waals surface area contributed by atoms with Crippen molar-refractivity contribution >= 4 is 6.03 Å². The maximum atomic E-state index is 12.0. The number of carbonyl (C=O) groups is 1. The topological polar surface area (TPSA) is 71.5 Å². The second kappa shape index (κ2) is 7.70. The third kappa shape index (κ3) is 4.50.